The molecular formula is C24H31N7O5S3. The van der Waals surface area contributed by atoms with E-state index < -0.39 is 16.1 Å². The summed E-state index contributed by atoms with van der Waals surface area (Å²) in [7, 11) is -2.54. The highest BCUT2D eigenvalue weighted by atomic mass is 32.2. The van der Waals surface area contributed by atoms with Gasteiger partial charge in [-0.15, -0.1) is 11.3 Å². The minimum Gasteiger partial charge on any atom is -0.453 e. The van der Waals surface area contributed by atoms with Crippen molar-refractivity contribution in [3.8, 4) is 10.4 Å². The summed E-state index contributed by atoms with van der Waals surface area (Å²) in [4.78, 5) is 40.3. The quantitative estimate of drug-likeness (QED) is 0.402. The maximum atomic E-state index is 13.2. The average molecular weight is 594 g/mol. The number of nitrogens with zero attached hydrogens (tertiary/aromatic N) is 5. The Labute approximate surface area is 235 Å². The molecule has 12 nitrogen and oxygen atoms in total. The third kappa shape index (κ3) is 6.78. The number of carbonyl (C=O) groups is 2. The Morgan fingerprint density at radius 3 is 2.46 bits per heavy atom. The molecule has 3 aromatic rings. The first-order valence-corrected chi connectivity index (χ1v) is 15.3. The Kier molecular flexibility index (Phi) is 8.96. The number of rotatable bonds is 8. The van der Waals surface area contributed by atoms with E-state index in [1.54, 1.807) is 30.5 Å². The number of amides is 2. The Morgan fingerprint density at radius 1 is 1.10 bits per heavy atom. The largest absolute Gasteiger partial charge is 0.453 e. The predicted octanol–water partition coefficient (Wildman–Crippen LogP) is 2.89. The van der Waals surface area contributed by atoms with Crippen molar-refractivity contribution in [3.05, 3.63) is 40.4 Å². The van der Waals surface area contributed by atoms with Crippen LogP contribution in [0.2, 0.25) is 0 Å². The normalized spacial score (nSPS) is 15.6. The van der Waals surface area contributed by atoms with Gasteiger partial charge in [-0.1, -0.05) is 11.3 Å². The molecular weight excluding hydrogens is 563 g/mol. The van der Waals surface area contributed by atoms with Crippen LogP contribution in [-0.4, -0.2) is 90.5 Å². The molecule has 0 saturated carbocycles. The standard InChI is InChI=1S/C24H31N7O5S3/c1-14(26-21(32)19-12-18(6-7-25-19)20-15(2)27-17(4)37-20)13-30-8-10-31(11-9-30)39(34,35)22-16(3)28-23(38-22)29-24(33)36-5/h6-7,12,14H,8-11,13H2,1-5H3,(H,26,32)(H,28,29,33)/t14-/m0/s1. The van der Waals surface area contributed by atoms with Crippen molar-refractivity contribution in [1.82, 2.24) is 29.5 Å². The van der Waals surface area contributed by atoms with Crippen molar-refractivity contribution in [2.75, 3.05) is 45.2 Å². The topological polar surface area (TPSA) is 147 Å². The van der Waals surface area contributed by atoms with E-state index in [2.05, 4.69) is 35.2 Å². The van der Waals surface area contributed by atoms with Crippen LogP contribution in [0.3, 0.4) is 0 Å². The lowest BCUT2D eigenvalue weighted by Gasteiger charge is -2.35. The number of hydrogen-bond acceptors (Lipinski definition) is 11. The number of hydrogen-bond donors (Lipinski definition) is 2. The lowest BCUT2D eigenvalue weighted by molar-refractivity contribution is 0.0917. The highest BCUT2D eigenvalue weighted by molar-refractivity contribution is 7.91. The minimum absolute atomic E-state index is 0.0985. The van der Waals surface area contributed by atoms with E-state index in [9.17, 15) is 18.0 Å². The molecule has 2 N–H and O–H groups in total. The summed E-state index contributed by atoms with van der Waals surface area (Å²) in [5.74, 6) is -0.263. The van der Waals surface area contributed by atoms with Crippen molar-refractivity contribution in [1.29, 1.82) is 0 Å². The smallest absolute Gasteiger partial charge is 0.413 e. The number of pyridine rings is 1. The van der Waals surface area contributed by atoms with Gasteiger partial charge in [0.15, 0.2) is 9.34 Å². The van der Waals surface area contributed by atoms with Gasteiger partial charge in [0.05, 0.1) is 28.4 Å². The van der Waals surface area contributed by atoms with Gasteiger partial charge in [0.1, 0.15) is 5.69 Å². The maximum absolute atomic E-state index is 13.2. The van der Waals surface area contributed by atoms with Gasteiger partial charge in [-0.05, 0) is 45.4 Å². The first-order chi connectivity index (χ1) is 18.5. The lowest BCUT2D eigenvalue weighted by Crippen LogP contribution is -2.52. The fraction of sp³-hybridized carbons (Fsp3) is 0.458. The molecule has 1 aliphatic heterocycles. The highest BCUT2D eigenvalue weighted by Gasteiger charge is 2.32. The van der Waals surface area contributed by atoms with Crippen LogP contribution < -0.4 is 10.6 Å². The molecule has 0 bridgehead atoms. The van der Waals surface area contributed by atoms with Gasteiger partial charge in [-0.25, -0.2) is 23.2 Å². The summed E-state index contributed by atoms with van der Waals surface area (Å²) < 4.78 is 32.5. The predicted molar refractivity (Wildman–Crippen MR) is 150 cm³/mol. The average Bonchev–Trinajstić information content (AvgIpc) is 3.44. The van der Waals surface area contributed by atoms with Crippen LogP contribution in [0.5, 0.6) is 0 Å². The SMILES string of the molecule is COC(=O)Nc1nc(C)c(S(=O)(=O)N2CCN(C[C@H](C)NC(=O)c3cc(-c4sc(C)nc4C)ccn3)CC2)s1. The summed E-state index contributed by atoms with van der Waals surface area (Å²) in [5, 5.41) is 6.55. The number of sulfonamides is 1. The molecule has 15 heteroatoms. The summed E-state index contributed by atoms with van der Waals surface area (Å²) in [6.45, 7) is 9.62. The van der Waals surface area contributed by atoms with Crippen molar-refractivity contribution in [2.24, 2.45) is 0 Å². The Bertz CT molecular complexity index is 1460. The number of aryl methyl sites for hydroxylation is 3. The minimum atomic E-state index is -3.76. The molecule has 2 amide bonds. The second kappa shape index (κ2) is 12.0. The molecule has 1 fully saturated rings. The van der Waals surface area contributed by atoms with Gasteiger partial charge < -0.3 is 10.1 Å². The second-order valence-corrected chi connectivity index (χ2v) is 13.5. The molecule has 1 saturated heterocycles. The van der Waals surface area contributed by atoms with E-state index in [4.69, 9.17) is 0 Å². The zero-order valence-electron chi connectivity index (χ0n) is 22.3. The molecule has 0 radical (unpaired) electrons. The van der Waals surface area contributed by atoms with Crippen LogP contribution in [0.25, 0.3) is 10.4 Å². The maximum Gasteiger partial charge on any atom is 0.413 e. The third-order valence-corrected chi connectivity index (χ3v) is 10.8. The number of thiazole rings is 2. The van der Waals surface area contributed by atoms with Crippen molar-refractivity contribution >= 4 is 49.8 Å². The van der Waals surface area contributed by atoms with Crippen LogP contribution in [0, 0.1) is 20.8 Å². The van der Waals surface area contributed by atoms with E-state index in [0.717, 1.165) is 32.5 Å². The molecule has 0 aromatic carbocycles. The second-order valence-electron chi connectivity index (χ2n) is 9.16. The molecule has 3 aromatic heterocycles. The fourth-order valence-corrected chi connectivity index (χ4v) is 8.18. The van der Waals surface area contributed by atoms with E-state index in [0.29, 0.717) is 44.1 Å². The van der Waals surface area contributed by atoms with Crippen molar-refractivity contribution in [2.45, 2.75) is 37.9 Å². The Hall–Kier alpha value is -2.98. The van der Waals surface area contributed by atoms with Gasteiger partial charge in [0, 0.05) is 45.0 Å². The van der Waals surface area contributed by atoms with E-state index >= 15 is 0 Å². The number of aromatic nitrogens is 3. The number of nitrogens with one attached hydrogen (secondary N) is 2. The number of piperazine rings is 1. The van der Waals surface area contributed by atoms with E-state index in [-0.39, 0.29) is 21.3 Å². The summed E-state index contributed by atoms with van der Waals surface area (Å²) in [6, 6.07) is 3.48. The zero-order chi connectivity index (χ0) is 28.3. The third-order valence-electron chi connectivity index (χ3n) is 6.12. The molecule has 0 unspecified atom stereocenters. The fourth-order valence-electron chi connectivity index (χ4n) is 4.31. The molecule has 4 heterocycles. The summed E-state index contributed by atoms with van der Waals surface area (Å²) in [5.41, 5.74) is 2.49. The van der Waals surface area contributed by atoms with Crippen LogP contribution in [-0.2, 0) is 14.8 Å². The molecule has 0 spiro atoms. The number of carbonyl (C=O) groups excluding carboxylic acids is 2. The Balaban J connectivity index is 1.32. The first-order valence-electron chi connectivity index (χ1n) is 12.2. The Morgan fingerprint density at radius 2 is 1.82 bits per heavy atom. The van der Waals surface area contributed by atoms with Crippen LogP contribution in [0.1, 0.15) is 33.8 Å². The van der Waals surface area contributed by atoms with Gasteiger partial charge >= 0.3 is 6.09 Å². The highest BCUT2D eigenvalue weighted by Crippen LogP contribution is 2.31. The summed E-state index contributed by atoms with van der Waals surface area (Å²) >= 11 is 2.48. The molecule has 1 aliphatic rings. The van der Waals surface area contributed by atoms with Gasteiger partial charge in [0.2, 0.25) is 0 Å². The molecule has 1 atom stereocenters. The monoisotopic (exact) mass is 593 g/mol. The van der Waals surface area contributed by atoms with Crippen molar-refractivity contribution in [3.63, 3.8) is 0 Å². The van der Waals surface area contributed by atoms with Gasteiger partial charge in [-0.2, -0.15) is 4.31 Å². The van der Waals surface area contributed by atoms with Crippen LogP contribution in [0.4, 0.5) is 9.93 Å². The molecule has 4 rings (SSSR count). The zero-order valence-corrected chi connectivity index (χ0v) is 24.8. The lowest BCUT2D eigenvalue weighted by atomic mass is 10.1. The van der Waals surface area contributed by atoms with Crippen molar-refractivity contribution < 1.29 is 22.7 Å². The molecule has 210 valence electrons. The molecule has 39 heavy (non-hydrogen) atoms. The van der Waals surface area contributed by atoms with E-state index in [1.807, 2.05) is 26.8 Å². The van der Waals surface area contributed by atoms with Gasteiger partial charge in [-0.3, -0.25) is 20.0 Å². The molecule has 0 aliphatic carbocycles. The van der Waals surface area contributed by atoms with E-state index in [1.165, 1.54) is 11.4 Å². The van der Waals surface area contributed by atoms with Crippen LogP contribution in [0.15, 0.2) is 22.5 Å². The number of ether oxygens (including phenoxy) is 1. The first kappa shape index (κ1) is 29.0. The van der Waals surface area contributed by atoms with Gasteiger partial charge in [0.25, 0.3) is 15.9 Å². The number of anilines is 1. The van der Waals surface area contributed by atoms with Crippen LogP contribution >= 0.6 is 22.7 Å². The number of methoxy groups -OCH3 is 1. The summed E-state index contributed by atoms with van der Waals surface area (Å²) in [6.07, 6.45) is 0.915.